The van der Waals surface area contributed by atoms with Crippen molar-refractivity contribution in [3.63, 3.8) is 0 Å². The summed E-state index contributed by atoms with van der Waals surface area (Å²) in [5, 5.41) is 3.10. The highest BCUT2D eigenvalue weighted by Crippen LogP contribution is 2.26. The molecule has 0 radical (unpaired) electrons. The third-order valence-corrected chi connectivity index (χ3v) is 5.32. The molecular formula is C17H29N3O3. The molecule has 2 amide bonds. The summed E-state index contributed by atoms with van der Waals surface area (Å²) in [5.41, 5.74) is 0. The van der Waals surface area contributed by atoms with Crippen molar-refractivity contribution in [2.24, 2.45) is 0 Å². The summed E-state index contributed by atoms with van der Waals surface area (Å²) in [6.07, 6.45) is 6.51. The lowest BCUT2D eigenvalue weighted by Crippen LogP contribution is -2.58. The van der Waals surface area contributed by atoms with E-state index in [9.17, 15) is 9.59 Å². The maximum absolute atomic E-state index is 12.7. The SMILES string of the molecule is C[C@@H](CN1CCCC1=O)NC(=O)[C@H]1COCCN1C1CCCC1. The highest BCUT2D eigenvalue weighted by Gasteiger charge is 2.36. The van der Waals surface area contributed by atoms with Gasteiger partial charge < -0.3 is 15.0 Å². The van der Waals surface area contributed by atoms with E-state index in [0.717, 1.165) is 26.1 Å². The molecule has 1 aliphatic carbocycles. The molecule has 23 heavy (non-hydrogen) atoms. The van der Waals surface area contributed by atoms with E-state index in [2.05, 4.69) is 10.2 Å². The third kappa shape index (κ3) is 4.04. The maximum atomic E-state index is 12.7. The van der Waals surface area contributed by atoms with Gasteiger partial charge in [0.2, 0.25) is 11.8 Å². The van der Waals surface area contributed by atoms with Crippen LogP contribution in [-0.4, -0.2) is 72.6 Å². The average Bonchev–Trinajstić information content (AvgIpc) is 3.20. The van der Waals surface area contributed by atoms with Gasteiger partial charge in [-0.05, 0) is 26.2 Å². The number of ether oxygens (including phenoxy) is 1. The van der Waals surface area contributed by atoms with Crippen molar-refractivity contribution in [3.05, 3.63) is 0 Å². The number of carbonyl (C=O) groups is 2. The zero-order chi connectivity index (χ0) is 16.2. The van der Waals surface area contributed by atoms with Crippen molar-refractivity contribution in [2.45, 2.75) is 63.6 Å². The summed E-state index contributed by atoms with van der Waals surface area (Å²) in [7, 11) is 0. The molecule has 1 saturated carbocycles. The van der Waals surface area contributed by atoms with E-state index >= 15 is 0 Å². The molecule has 0 bridgehead atoms. The second kappa shape index (κ2) is 7.62. The Kier molecular flexibility index (Phi) is 5.54. The lowest BCUT2D eigenvalue weighted by molar-refractivity contribution is -0.136. The Morgan fingerprint density at radius 3 is 2.78 bits per heavy atom. The Labute approximate surface area is 138 Å². The fraction of sp³-hybridized carbons (Fsp3) is 0.882. The number of nitrogens with one attached hydrogen (secondary N) is 1. The monoisotopic (exact) mass is 323 g/mol. The minimum absolute atomic E-state index is 0.0168. The van der Waals surface area contributed by atoms with Crippen LogP contribution in [0.15, 0.2) is 0 Å². The number of hydrogen-bond donors (Lipinski definition) is 1. The van der Waals surface area contributed by atoms with E-state index in [1.165, 1.54) is 25.7 Å². The molecule has 2 saturated heterocycles. The Morgan fingerprint density at radius 1 is 1.30 bits per heavy atom. The molecule has 2 heterocycles. The topological polar surface area (TPSA) is 61.9 Å². The highest BCUT2D eigenvalue weighted by molar-refractivity contribution is 5.82. The Hall–Kier alpha value is -1.14. The maximum Gasteiger partial charge on any atom is 0.240 e. The second-order valence-electron chi connectivity index (χ2n) is 7.12. The summed E-state index contributed by atoms with van der Waals surface area (Å²) in [6, 6.07) is 0.339. The lowest BCUT2D eigenvalue weighted by atomic mass is 10.1. The average molecular weight is 323 g/mol. The first-order valence-corrected chi connectivity index (χ1v) is 9.07. The van der Waals surface area contributed by atoms with Gasteiger partial charge in [-0.1, -0.05) is 12.8 Å². The van der Waals surface area contributed by atoms with E-state index in [1.807, 2.05) is 11.8 Å². The number of amides is 2. The summed E-state index contributed by atoms with van der Waals surface area (Å²) in [5.74, 6) is 0.260. The Balaban J connectivity index is 1.53. The lowest BCUT2D eigenvalue weighted by Gasteiger charge is -2.39. The second-order valence-corrected chi connectivity index (χ2v) is 7.12. The van der Waals surface area contributed by atoms with Crippen LogP contribution in [0.3, 0.4) is 0 Å². The standard InChI is InChI=1S/C17H29N3O3/c1-13(11-19-8-4-7-16(19)21)18-17(22)15-12-23-10-9-20(15)14-5-2-3-6-14/h13-15H,2-12H2,1H3,(H,18,22)/t13-,15+/m0/s1. The van der Waals surface area contributed by atoms with Gasteiger partial charge in [0.05, 0.1) is 13.2 Å². The molecule has 130 valence electrons. The van der Waals surface area contributed by atoms with E-state index in [0.29, 0.717) is 25.6 Å². The van der Waals surface area contributed by atoms with Gasteiger partial charge in [0, 0.05) is 38.1 Å². The Morgan fingerprint density at radius 2 is 2.09 bits per heavy atom. The molecule has 6 nitrogen and oxygen atoms in total. The van der Waals surface area contributed by atoms with Gasteiger partial charge in [-0.2, -0.15) is 0 Å². The van der Waals surface area contributed by atoms with Crippen molar-refractivity contribution < 1.29 is 14.3 Å². The molecule has 1 N–H and O–H groups in total. The van der Waals surface area contributed by atoms with Gasteiger partial charge in [0.25, 0.3) is 0 Å². The van der Waals surface area contributed by atoms with Crippen LogP contribution in [0.4, 0.5) is 0 Å². The normalized spacial score (nSPS) is 28.3. The van der Waals surface area contributed by atoms with Crippen LogP contribution in [0.2, 0.25) is 0 Å². The van der Waals surface area contributed by atoms with Crippen LogP contribution in [0.5, 0.6) is 0 Å². The van der Waals surface area contributed by atoms with Gasteiger partial charge in [-0.3, -0.25) is 14.5 Å². The van der Waals surface area contributed by atoms with E-state index in [4.69, 9.17) is 4.74 Å². The molecule has 3 rings (SSSR count). The molecule has 2 aliphatic heterocycles. The zero-order valence-corrected chi connectivity index (χ0v) is 14.1. The molecule has 3 aliphatic rings. The number of morpholine rings is 1. The van der Waals surface area contributed by atoms with Crippen molar-refractivity contribution >= 4 is 11.8 Å². The van der Waals surface area contributed by atoms with Crippen LogP contribution < -0.4 is 5.32 Å². The molecule has 0 aromatic heterocycles. The first-order chi connectivity index (χ1) is 11.1. The van der Waals surface area contributed by atoms with Crippen LogP contribution in [0, 0.1) is 0 Å². The van der Waals surface area contributed by atoms with Crippen molar-refractivity contribution in [1.82, 2.24) is 15.1 Å². The fourth-order valence-corrected chi connectivity index (χ4v) is 4.13. The van der Waals surface area contributed by atoms with E-state index < -0.39 is 0 Å². The number of rotatable bonds is 5. The highest BCUT2D eigenvalue weighted by atomic mass is 16.5. The molecular weight excluding hydrogens is 294 g/mol. The predicted octanol–water partition coefficient (Wildman–Crippen LogP) is 0.757. The van der Waals surface area contributed by atoms with E-state index in [-0.39, 0.29) is 23.9 Å². The largest absolute Gasteiger partial charge is 0.378 e. The van der Waals surface area contributed by atoms with Crippen LogP contribution in [0.25, 0.3) is 0 Å². The summed E-state index contributed by atoms with van der Waals surface area (Å²) in [6.45, 7) is 5.46. The quantitative estimate of drug-likeness (QED) is 0.811. The molecule has 6 heteroatoms. The first-order valence-electron chi connectivity index (χ1n) is 9.07. The smallest absolute Gasteiger partial charge is 0.240 e. The molecule has 0 aromatic rings. The minimum atomic E-state index is -0.177. The number of hydrogen-bond acceptors (Lipinski definition) is 4. The zero-order valence-electron chi connectivity index (χ0n) is 14.1. The Bertz CT molecular complexity index is 437. The van der Waals surface area contributed by atoms with Crippen LogP contribution in [-0.2, 0) is 14.3 Å². The predicted molar refractivity (Wildman–Crippen MR) is 87.0 cm³/mol. The number of likely N-dealkylation sites (tertiary alicyclic amines) is 1. The summed E-state index contributed by atoms with van der Waals surface area (Å²) < 4.78 is 5.56. The van der Waals surface area contributed by atoms with Crippen molar-refractivity contribution in [3.8, 4) is 0 Å². The van der Waals surface area contributed by atoms with Gasteiger partial charge in [0.1, 0.15) is 6.04 Å². The van der Waals surface area contributed by atoms with Gasteiger partial charge in [0.15, 0.2) is 0 Å². The molecule has 0 unspecified atom stereocenters. The van der Waals surface area contributed by atoms with E-state index in [1.54, 1.807) is 0 Å². The van der Waals surface area contributed by atoms with Gasteiger partial charge in [-0.25, -0.2) is 0 Å². The molecule has 0 spiro atoms. The molecule has 2 atom stereocenters. The minimum Gasteiger partial charge on any atom is -0.378 e. The summed E-state index contributed by atoms with van der Waals surface area (Å²) >= 11 is 0. The third-order valence-electron chi connectivity index (χ3n) is 5.32. The molecule has 3 fully saturated rings. The van der Waals surface area contributed by atoms with Gasteiger partial charge in [-0.15, -0.1) is 0 Å². The molecule has 0 aromatic carbocycles. The van der Waals surface area contributed by atoms with Crippen LogP contribution >= 0.6 is 0 Å². The van der Waals surface area contributed by atoms with Gasteiger partial charge >= 0.3 is 0 Å². The fourth-order valence-electron chi connectivity index (χ4n) is 4.13. The number of carbonyl (C=O) groups excluding carboxylic acids is 2. The van der Waals surface area contributed by atoms with Crippen molar-refractivity contribution in [1.29, 1.82) is 0 Å². The summed E-state index contributed by atoms with van der Waals surface area (Å²) in [4.78, 5) is 28.6. The number of nitrogens with zero attached hydrogens (tertiary/aromatic N) is 2. The first kappa shape index (κ1) is 16.7. The van der Waals surface area contributed by atoms with Crippen molar-refractivity contribution in [2.75, 3.05) is 32.8 Å². The van der Waals surface area contributed by atoms with Crippen LogP contribution in [0.1, 0.15) is 45.4 Å².